The van der Waals surface area contributed by atoms with Crippen LogP contribution in [0.3, 0.4) is 0 Å². The third kappa shape index (κ3) is 1.94. The molecule has 70 valence electrons. The standard InChI is InChI=1S/C13H13N/c1-12-6-5-10-14(12)11-9-13-7-3-2-4-8-13/h2-11H,1H3/b11-9+. The van der Waals surface area contributed by atoms with Gasteiger partial charge in [0.1, 0.15) is 0 Å². The molecule has 0 saturated carbocycles. The van der Waals surface area contributed by atoms with Crippen LogP contribution in [0.1, 0.15) is 11.3 Å². The van der Waals surface area contributed by atoms with Gasteiger partial charge in [-0.3, -0.25) is 0 Å². The van der Waals surface area contributed by atoms with Gasteiger partial charge in [0.15, 0.2) is 0 Å². The average molecular weight is 183 g/mol. The molecule has 1 heterocycles. The molecule has 1 nitrogen and oxygen atoms in total. The quantitative estimate of drug-likeness (QED) is 0.672. The van der Waals surface area contributed by atoms with Crippen LogP contribution in [-0.2, 0) is 0 Å². The Labute approximate surface area is 84.3 Å². The van der Waals surface area contributed by atoms with Crippen molar-refractivity contribution in [1.29, 1.82) is 0 Å². The van der Waals surface area contributed by atoms with Crippen LogP contribution in [0.4, 0.5) is 0 Å². The zero-order valence-corrected chi connectivity index (χ0v) is 8.22. The third-order valence-corrected chi connectivity index (χ3v) is 2.22. The highest BCUT2D eigenvalue weighted by molar-refractivity contribution is 5.60. The molecular weight excluding hydrogens is 170 g/mol. The van der Waals surface area contributed by atoms with Gasteiger partial charge < -0.3 is 4.57 Å². The molecule has 0 radical (unpaired) electrons. The fraction of sp³-hybridized carbons (Fsp3) is 0.0769. The van der Waals surface area contributed by atoms with Crippen LogP contribution in [0.25, 0.3) is 12.3 Å². The average Bonchev–Trinajstić information content (AvgIpc) is 2.63. The van der Waals surface area contributed by atoms with Crippen molar-refractivity contribution in [1.82, 2.24) is 4.57 Å². The van der Waals surface area contributed by atoms with Gasteiger partial charge in [-0.25, -0.2) is 0 Å². The van der Waals surface area contributed by atoms with Gasteiger partial charge in [0.05, 0.1) is 0 Å². The molecular formula is C13H13N. The fourth-order valence-corrected chi connectivity index (χ4v) is 1.38. The van der Waals surface area contributed by atoms with Crippen molar-refractivity contribution in [3.63, 3.8) is 0 Å². The lowest BCUT2D eigenvalue weighted by Gasteiger charge is -1.97. The molecule has 0 unspecified atom stereocenters. The van der Waals surface area contributed by atoms with E-state index in [4.69, 9.17) is 0 Å². The molecule has 0 atom stereocenters. The Morgan fingerprint density at radius 1 is 1.00 bits per heavy atom. The third-order valence-electron chi connectivity index (χ3n) is 2.22. The molecule has 0 spiro atoms. The predicted molar refractivity (Wildman–Crippen MR) is 60.8 cm³/mol. The van der Waals surface area contributed by atoms with E-state index in [1.165, 1.54) is 11.3 Å². The number of aromatic nitrogens is 1. The number of aryl methyl sites for hydroxylation is 1. The van der Waals surface area contributed by atoms with Crippen molar-refractivity contribution in [2.24, 2.45) is 0 Å². The van der Waals surface area contributed by atoms with E-state index in [9.17, 15) is 0 Å². The summed E-state index contributed by atoms with van der Waals surface area (Å²) in [6.45, 7) is 2.09. The van der Waals surface area contributed by atoms with E-state index in [0.29, 0.717) is 0 Å². The highest BCUT2D eigenvalue weighted by atomic mass is 14.9. The van der Waals surface area contributed by atoms with Crippen LogP contribution in [-0.4, -0.2) is 4.57 Å². The molecule has 0 bridgehead atoms. The van der Waals surface area contributed by atoms with Gasteiger partial charge in [-0.05, 0) is 30.7 Å². The first kappa shape index (κ1) is 8.82. The van der Waals surface area contributed by atoms with Gasteiger partial charge in [-0.1, -0.05) is 30.3 Å². The van der Waals surface area contributed by atoms with Gasteiger partial charge in [-0.15, -0.1) is 0 Å². The second-order valence-corrected chi connectivity index (χ2v) is 3.28. The van der Waals surface area contributed by atoms with Crippen LogP contribution in [0.5, 0.6) is 0 Å². The molecule has 14 heavy (non-hydrogen) atoms. The molecule has 0 N–H and O–H groups in total. The smallest absolute Gasteiger partial charge is 0.0189 e. The topological polar surface area (TPSA) is 4.93 Å². The van der Waals surface area contributed by atoms with Gasteiger partial charge in [0.25, 0.3) is 0 Å². The van der Waals surface area contributed by atoms with Gasteiger partial charge in [-0.2, -0.15) is 0 Å². The van der Waals surface area contributed by atoms with Gasteiger partial charge >= 0.3 is 0 Å². The minimum absolute atomic E-state index is 1.22. The molecule has 1 aromatic carbocycles. The molecule has 0 aliphatic heterocycles. The lowest BCUT2D eigenvalue weighted by atomic mass is 10.2. The lowest BCUT2D eigenvalue weighted by Crippen LogP contribution is -1.84. The van der Waals surface area contributed by atoms with Crippen molar-refractivity contribution in [3.8, 4) is 0 Å². The molecule has 0 fully saturated rings. The Morgan fingerprint density at radius 3 is 2.43 bits per heavy atom. The maximum atomic E-state index is 2.10. The highest BCUT2D eigenvalue weighted by Crippen LogP contribution is 2.05. The molecule has 2 rings (SSSR count). The van der Waals surface area contributed by atoms with Crippen molar-refractivity contribution < 1.29 is 0 Å². The van der Waals surface area contributed by atoms with Crippen LogP contribution in [0.15, 0.2) is 48.7 Å². The first-order valence-electron chi connectivity index (χ1n) is 4.73. The Balaban J connectivity index is 2.20. The zero-order valence-electron chi connectivity index (χ0n) is 8.22. The Kier molecular flexibility index (Phi) is 2.50. The number of hydrogen-bond acceptors (Lipinski definition) is 0. The summed E-state index contributed by atoms with van der Waals surface area (Å²) < 4.78 is 2.10. The predicted octanol–water partition coefficient (Wildman–Crippen LogP) is 3.42. The number of nitrogens with zero attached hydrogens (tertiary/aromatic N) is 1. The summed E-state index contributed by atoms with van der Waals surface area (Å²) in [7, 11) is 0. The molecule has 2 aromatic rings. The fourth-order valence-electron chi connectivity index (χ4n) is 1.38. The maximum absolute atomic E-state index is 2.10. The molecule has 1 aromatic heterocycles. The summed E-state index contributed by atoms with van der Waals surface area (Å²) in [5, 5.41) is 0. The molecule has 0 aliphatic rings. The second kappa shape index (κ2) is 3.97. The number of benzene rings is 1. The summed E-state index contributed by atoms with van der Waals surface area (Å²) >= 11 is 0. The lowest BCUT2D eigenvalue weighted by molar-refractivity contribution is 1.09. The van der Waals surface area contributed by atoms with Crippen molar-refractivity contribution in [2.45, 2.75) is 6.92 Å². The first-order valence-corrected chi connectivity index (χ1v) is 4.73. The summed E-state index contributed by atoms with van der Waals surface area (Å²) in [6, 6.07) is 14.4. The van der Waals surface area contributed by atoms with Crippen LogP contribution in [0.2, 0.25) is 0 Å². The van der Waals surface area contributed by atoms with Crippen molar-refractivity contribution in [2.75, 3.05) is 0 Å². The Morgan fingerprint density at radius 2 is 1.79 bits per heavy atom. The van der Waals surface area contributed by atoms with E-state index in [1.54, 1.807) is 0 Å². The highest BCUT2D eigenvalue weighted by Gasteiger charge is 1.88. The molecule has 0 aliphatic carbocycles. The monoisotopic (exact) mass is 183 g/mol. The normalized spacial score (nSPS) is 10.9. The van der Waals surface area contributed by atoms with Gasteiger partial charge in [0.2, 0.25) is 0 Å². The van der Waals surface area contributed by atoms with E-state index < -0.39 is 0 Å². The SMILES string of the molecule is Cc1cccn1/C=C/c1ccccc1. The Hall–Kier alpha value is -1.76. The van der Waals surface area contributed by atoms with E-state index in [1.807, 2.05) is 24.3 Å². The molecule has 1 heteroatoms. The van der Waals surface area contributed by atoms with E-state index in [2.05, 4.69) is 48.2 Å². The van der Waals surface area contributed by atoms with Gasteiger partial charge in [0, 0.05) is 18.1 Å². The minimum Gasteiger partial charge on any atom is -0.328 e. The number of rotatable bonds is 2. The summed E-state index contributed by atoms with van der Waals surface area (Å²) in [5.74, 6) is 0. The summed E-state index contributed by atoms with van der Waals surface area (Å²) in [4.78, 5) is 0. The zero-order chi connectivity index (χ0) is 9.80. The maximum Gasteiger partial charge on any atom is 0.0189 e. The van der Waals surface area contributed by atoms with E-state index >= 15 is 0 Å². The van der Waals surface area contributed by atoms with Crippen molar-refractivity contribution in [3.05, 3.63) is 59.9 Å². The van der Waals surface area contributed by atoms with Crippen LogP contribution >= 0.6 is 0 Å². The van der Waals surface area contributed by atoms with E-state index in [-0.39, 0.29) is 0 Å². The molecule has 0 saturated heterocycles. The largest absolute Gasteiger partial charge is 0.328 e. The Bertz CT molecular complexity index is 424. The first-order chi connectivity index (χ1) is 6.86. The summed E-state index contributed by atoms with van der Waals surface area (Å²) in [6.07, 6.45) is 6.23. The van der Waals surface area contributed by atoms with Crippen molar-refractivity contribution >= 4 is 12.3 Å². The van der Waals surface area contributed by atoms with Crippen LogP contribution < -0.4 is 0 Å². The summed E-state index contributed by atoms with van der Waals surface area (Å²) in [5.41, 5.74) is 2.47. The van der Waals surface area contributed by atoms with E-state index in [0.717, 1.165) is 0 Å². The molecule has 0 amide bonds. The minimum atomic E-state index is 1.22. The number of hydrogen-bond donors (Lipinski definition) is 0. The van der Waals surface area contributed by atoms with Crippen LogP contribution in [0, 0.1) is 6.92 Å². The second-order valence-electron chi connectivity index (χ2n) is 3.28.